The molecule has 6 nitrogen and oxygen atoms in total. The van der Waals surface area contributed by atoms with Gasteiger partial charge in [-0.2, -0.15) is 27.1 Å². The Bertz CT molecular complexity index is 1100. The first-order chi connectivity index (χ1) is 13.5. The summed E-state index contributed by atoms with van der Waals surface area (Å²) in [6.45, 7) is 2.81. The molecule has 0 atom stereocenters. The van der Waals surface area contributed by atoms with Crippen molar-refractivity contribution < 1.29 is 22.0 Å². The highest BCUT2D eigenvalue weighted by Gasteiger charge is 2.38. The van der Waals surface area contributed by atoms with Crippen LogP contribution in [0.2, 0.25) is 5.15 Å². The van der Waals surface area contributed by atoms with Crippen LogP contribution in [0.4, 0.5) is 27.8 Å². The van der Waals surface area contributed by atoms with Gasteiger partial charge in [0, 0.05) is 25.1 Å². The third-order valence-electron chi connectivity index (χ3n) is 4.04. The quantitative estimate of drug-likeness (QED) is 0.551. The Morgan fingerprint density at radius 1 is 1.21 bits per heavy atom. The number of nitrogens with one attached hydrogen (secondary N) is 1. The molecule has 3 rings (SSSR count). The third kappa shape index (κ3) is 4.08. The van der Waals surface area contributed by atoms with Crippen LogP contribution >= 0.6 is 22.9 Å². The molecule has 0 radical (unpaired) electrons. The van der Waals surface area contributed by atoms with Crippen molar-refractivity contribution >= 4 is 33.7 Å². The van der Waals surface area contributed by atoms with Crippen LogP contribution in [0.5, 0.6) is 0 Å². The van der Waals surface area contributed by atoms with Crippen LogP contribution < -0.4 is 10.9 Å². The highest BCUT2D eigenvalue weighted by atomic mass is 35.5. The van der Waals surface area contributed by atoms with Gasteiger partial charge in [0.25, 0.3) is 11.5 Å². The Balaban J connectivity index is 2.06. The van der Waals surface area contributed by atoms with E-state index in [0.717, 1.165) is 21.2 Å². The SMILES string of the molecule is CCNc1c(C(F)(F)F)sc2nc(Cn3nc(C(F)(F)CC)cc3Cl)cc(=O)n12. The molecule has 0 aliphatic rings. The standard InChI is InChI=1S/C16H15ClF5N5OS/c1-3-15(18,19)9-6-10(17)26(25-9)7-8-5-11(28)27-13(23-4-2)12(16(20,21)22)29-14(27)24-8/h5-6,23H,3-4,7H2,1-2H3. The summed E-state index contributed by atoms with van der Waals surface area (Å²) in [5, 5.41) is 6.18. The van der Waals surface area contributed by atoms with E-state index in [1.54, 1.807) is 6.92 Å². The van der Waals surface area contributed by atoms with Crippen molar-refractivity contribution in [3.63, 3.8) is 0 Å². The largest absolute Gasteiger partial charge is 0.429 e. The summed E-state index contributed by atoms with van der Waals surface area (Å²) in [5.41, 5.74) is -1.23. The van der Waals surface area contributed by atoms with Crippen molar-refractivity contribution in [3.8, 4) is 0 Å². The first kappa shape index (κ1) is 21.5. The second-order valence-corrected chi connectivity index (χ2v) is 7.44. The average Bonchev–Trinajstić information content (AvgIpc) is 3.17. The zero-order chi connectivity index (χ0) is 21.6. The molecule has 0 saturated heterocycles. The van der Waals surface area contributed by atoms with E-state index in [0.29, 0.717) is 11.3 Å². The maximum absolute atomic E-state index is 13.8. The van der Waals surface area contributed by atoms with Crippen LogP contribution in [0.3, 0.4) is 0 Å². The second kappa shape index (κ2) is 7.56. The van der Waals surface area contributed by atoms with Gasteiger partial charge in [0.2, 0.25) is 0 Å². The maximum Gasteiger partial charge on any atom is 0.429 e. The minimum Gasteiger partial charge on any atom is -0.370 e. The summed E-state index contributed by atoms with van der Waals surface area (Å²) in [5.74, 6) is -3.56. The Morgan fingerprint density at radius 2 is 1.90 bits per heavy atom. The second-order valence-electron chi connectivity index (χ2n) is 6.08. The monoisotopic (exact) mass is 455 g/mol. The van der Waals surface area contributed by atoms with Gasteiger partial charge >= 0.3 is 6.18 Å². The Labute approximate surface area is 169 Å². The van der Waals surface area contributed by atoms with E-state index in [-0.39, 0.29) is 34.7 Å². The lowest BCUT2D eigenvalue weighted by Gasteiger charge is -2.10. The minimum absolute atomic E-state index is 0.0457. The van der Waals surface area contributed by atoms with Crippen molar-refractivity contribution in [3.05, 3.63) is 43.9 Å². The van der Waals surface area contributed by atoms with Crippen LogP contribution in [-0.4, -0.2) is 25.7 Å². The molecule has 0 fully saturated rings. The van der Waals surface area contributed by atoms with Crippen LogP contribution in [0.1, 0.15) is 36.5 Å². The minimum atomic E-state index is -4.67. The molecular weight excluding hydrogens is 441 g/mol. The van der Waals surface area contributed by atoms with E-state index >= 15 is 0 Å². The van der Waals surface area contributed by atoms with Crippen molar-refractivity contribution in [1.82, 2.24) is 19.2 Å². The van der Waals surface area contributed by atoms with Crippen molar-refractivity contribution in [2.75, 3.05) is 11.9 Å². The van der Waals surface area contributed by atoms with Gasteiger partial charge in [-0.25, -0.2) is 14.1 Å². The number of hydrogen-bond donors (Lipinski definition) is 1. The van der Waals surface area contributed by atoms with Crippen molar-refractivity contribution in [2.24, 2.45) is 0 Å². The molecule has 29 heavy (non-hydrogen) atoms. The number of rotatable bonds is 6. The van der Waals surface area contributed by atoms with Crippen molar-refractivity contribution in [1.29, 1.82) is 0 Å². The molecule has 0 aromatic carbocycles. The predicted octanol–water partition coefficient (Wildman–Crippen LogP) is 4.61. The lowest BCUT2D eigenvalue weighted by Crippen LogP contribution is -2.19. The lowest BCUT2D eigenvalue weighted by atomic mass is 10.2. The highest BCUT2D eigenvalue weighted by Crippen LogP contribution is 2.40. The number of aromatic nitrogens is 4. The number of fused-ring (bicyclic) bond motifs is 1. The first-order valence-corrected chi connectivity index (χ1v) is 9.65. The fourth-order valence-electron chi connectivity index (χ4n) is 2.64. The van der Waals surface area contributed by atoms with Crippen molar-refractivity contribution in [2.45, 2.75) is 38.9 Å². The molecular formula is C16H15ClF5N5OS. The first-order valence-electron chi connectivity index (χ1n) is 8.46. The van der Waals surface area contributed by atoms with E-state index in [1.165, 1.54) is 6.92 Å². The number of alkyl halides is 5. The summed E-state index contributed by atoms with van der Waals surface area (Å²) in [6, 6.07) is 2.03. The van der Waals surface area contributed by atoms with E-state index in [2.05, 4.69) is 15.4 Å². The van der Waals surface area contributed by atoms with Crippen LogP contribution in [0, 0.1) is 0 Å². The Morgan fingerprint density at radius 3 is 2.48 bits per heavy atom. The van der Waals surface area contributed by atoms with Crippen LogP contribution in [0.15, 0.2) is 16.9 Å². The fraction of sp³-hybridized carbons (Fsp3) is 0.438. The molecule has 0 bridgehead atoms. The van der Waals surface area contributed by atoms with Gasteiger partial charge in [0.15, 0.2) is 9.84 Å². The highest BCUT2D eigenvalue weighted by molar-refractivity contribution is 7.17. The van der Waals surface area contributed by atoms with Gasteiger partial charge in [0.05, 0.1) is 12.2 Å². The molecule has 3 heterocycles. The van der Waals surface area contributed by atoms with Gasteiger partial charge in [0.1, 0.15) is 16.7 Å². The Hall–Kier alpha value is -2.21. The summed E-state index contributed by atoms with van der Waals surface area (Å²) < 4.78 is 69.4. The normalized spacial score (nSPS) is 12.7. The van der Waals surface area contributed by atoms with Crippen LogP contribution in [-0.2, 0) is 18.6 Å². The molecule has 0 saturated carbocycles. The summed E-state index contributed by atoms with van der Waals surface area (Å²) in [7, 11) is 0. The number of anilines is 1. The van der Waals surface area contributed by atoms with Gasteiger partial charge < -0.3 is 5.32 Å². The van der Waals surface area contributed by atoms with E-state index in [4.69, 9.17) is 11.6 Å². The smallest absolute Gasteiger partial charge is 0.370 e. The predicted molar refractivity (Wildman–Crippen MR) is 99.0 cm³/mol. The molecule has 1 N–H and O–H groups in total. The molecule has 0 amide bonds. The molecule has 3 aromatic heterocycles. The fourth-order valence-corrected chi connectivity index (χ4v) is 3.83. The molecule has 0 spiro atoms. The molecule has 0 aliphatic heterocycles. The molecule has 158 valence electrons. The molecule has 0 aliphatic carbocycles. The molecule has 13 heteroatoms. The Kier molecular flexibility index (Phi) is 5.60. The van der Waals surface area contributed by atoms with E-state index in [9.17, 15) is 26.7 Å². The zero-order valence-corrected chi connectivity index (χ0v) is 16.7. The third-order valence-corrected chi connectivity index (χ3v) is 5.43. The van der Waals surface area contributed by atoms with Crippen LogP contribution in [0.25, 0.3) is 4.96 Å². The topological polar surface area (TPSA) is 64.2 Å². The van der Waals surface area contributed by atoms with Gasteiger partial charge in [-0.05, 0) is 6.92 Å². The average molecular weight is 456 g/mol. The van der Waals surface area contributed by atoms with Gasteiger partial charge in [-0.15, -0.1) is 0 Å². The molecule has 3 aromatic rings. The summed E-state index contributed by atoms with van der Waals surface area (Å²) in [4.78, 5) is 15.4. The zero-order valence-electron chi connectivity index (χ0n) is 15.1. The van der Waals surface area contributed by atoms with Gasteiger partial charge in [-0.3, -0.25) is 4.79 Å². The summed E-state index contributed by atoms with van der Waals surface area (Å²) >= 11 is 6.25. The molecule has 0 unspecified atom stereocenters. The van der Waals surface area contributed by atoms with E-state index in [1.807, 2.05) is 0 Å². The summed E-state index contributed by atoms with van der Waals surface area (Å²) in [6.07, 6.45) is -5.15. The number of thiazole rings is 1. The van der Waals surface area contributed by atoms with Gasteiger partial charge in [-0.1, -0.05) is 29.9 Å². The lowest BCUT2D eigenvalue weighted by molar-refractivity contribution is -0.133. The maximum atomic E-state index is 13.8. The number of halogens is 6. The number of hydrogen-bond acceptors (Lipinski definition) is 5. The van der Waals surface area contributed by atoms with E-state index < -0.39 is 34.6 Å². The number of nitrogens with zero attached hydrogens (tertiary/aromatic N) is 4.